The van der Waals surface area contributed by atoms with E-state index in [1.807, 2.05) is 12.2 Å². The first-order chi connectivity index (χ1) is 5.73. The lowest BCUT2D eigenvalue weighted by atomic mass is 9.80. The van der Waals surface area contributed by atoms with E-state index in [4.69, 9.17) is 5.11 Å². The zero-order valence-corrected chi connectivity index (χ0v) is 7.12. The van der Waals surface area contributed by atoms with Crippen molar-refractivity contribution in [3.63, 3.8) is 0 Å². The van der Waals surface area contributed by atoms with Crippen molar-refractivity contribution in [2.45, 2.75) is 32.1 Å². The van der Waals surface area contributed by atoms with Crippen LogP contribution in [-0.4, -0.2) is 11.1 Å². The lowest BCUT2D eigenvalue weighted by molar-refractivity contribution is -0.149. The van der Waals surface area contributed by atoms with Gasteiger partial charge in [0.2, 0.25) is 0 Å². The molecule has 0 aromatic heterocycles. The Hall–Kier alpha value is -0.790. The smallest absolute Gasteiger partial charge is 0.310 e. The summed E-state index contributed by atoms with van der Waals surface area (Å²) in [4.78, 5) is 11.0. The highest BCUT2D eigenvalue weighted by Gasteiger charge is 2.43. The van der Waals surface area contributed by atoms with Gasteiger partial charge in [0, 0.05) is 0 Å². The Kier molecular flexibility index (Phi) is 1.71. The van der Waals surface area contributed by atoms with Crippen molar-refractivity contribution in [2.24, 2.45) is 11.3 Å². The van der Waals surface area contributed by atoms with Crippen LogP contribution in [0.1, 0.15) is 32.1 Å². The molecule has 0 radical (unpaired) electrons. The van der Waals surface area contributed by atoms with E-state index in [2.05, 4.69) is 0 Å². The standard InChI is InChI=1S/C10H14O2/c11-9(12)10(5-1-2-6-10)7-8-3-4-8/h1-2,8H,3-7H2,(H,11,12). The molecule has 0 atom stereocenters. The van der Waals surface area contributed by atoms with E-state index in [1.165, 1.54) is 12.8 Å². The zero-order valence-electron chi connectivity index (χ0n) is 7.12. The molecule has 0 unspecified atom stereocenters. The maximum atomic E-state index is 11.0. The van der Waals surface area contributed by atoms with Crippen LogP contribution in [0.4, 0.5) is 0 Å². The van der Waals surface area contributed by atoms with Crippen molar-refractivity contribution in [2.75, 3.05) is 0 Å². The number of hydrogen-bond acceptors (Lipinski definition) is 1. The van der Waals surface area contributed by atoms with E-state index in [0.29, 0.717) is 5.92 Å². The van der Waals surface area contributed by atoms with Gasteiger partial charge in [0.15, 0.2) is 0 Å². The average molecular weight is 166 g/mol. The van der Waals surface area contributed by atoms with E-state index in [9.17, 15) is 4.79 Å². The number of carboxylic acid groups (broad SMARTS) is 1. The molecule has 0 amide bonds. The highest BCUT2D eigenvalue weighted by molar-refractivity contribution is 5.75. The van der Waals surface area contributed by atoms with Gasteiger partial charge < -0.3 is 5.11 Å². The van der Waals surface area contributed by atoms with Gasteiger partial charge in [0.05, 0.1) is 5.41 Å². The Morgan fingerprint density at radius 1 is 1.42 bits per heavy atom. The molecule has 2 aliphatic rings. The second-order valence-electron chi connectivity index (χ2n) is 4.11. The van der Waals surface area contributed by atoms with Gasteiger partial charge in [-0.25, -0.2) is 0 Å². The Bertz CT molecular complexity index is 218. The fourth-order valence-corrected chi connectivity index (χ4v) is 2.00. The number of rotatable bonds is 3. The summed E-state index contributed by atoms with van der Waals surface area (Å²) in [7, 11) is 0. The minimum Gasteiger partial charge on any atom is -0.481 e. The molecule has 2 aliphatic carbocycles. The van der Waals surface area contributed by atoms with Crippen molar-refractivity contribution < 1.29 is 9.90 Å². The Balaban J connectivity index is 2.05. The molecule has 66 valence electrons. The highest BCUT2D eigenvalue weighted by Crippen LogP contribution is 2.46. The molecule has 0 saturated heterocycles. The number of carboxylic acids is 1. The van der Waals surface area contributed by atoms with Crippen molar-refractivity contribution in [3.05, 3.63) is 12.2 Å². The molecular weight excluding hydrogens is 152 g/mol. The van der Waals surface area contributed by atoms with E-state index >= 15 is 0 Å². The molecule has 0 aromatic carbocycles. The predicted molar refractivity (Wildman–Crippen MR) is 45.8 cm³/mol. The molecule has 0 aromatic rings. The molecule has 1 N–H and O–H groups in total. The van der Waals surface area contributed by atoms with Crippen LogP contribution in [-0.2, 0) is 4.79 Å². The molecular formula is C10H14O2. The summed E-state index contributed by atoms with van der Waals surface area (Å²) in [5.41, 5.74) is -0.416. The van der Waals surface area contributed by atoms with E-state index in [1.54, 1.807) is 0 Å². The van der Waals surface area contributed by atoms with Gasteiger partial charge in [0.25, 0.3) is 0 Å². The minimum absolute atomic E-state index is 0.416. The molecule has 12 heavy (non-hydrogen) atoms. The summed E-state index contributed by atoms with van der Waals surface area (Å²) in [6.07, 6.45) is 8.91. The first-order valence-electron chi connectivity index (χ1n) is 4.61. The van der Waals surface area contributed by atoms with Crippen molar-refractivity contribution in [3.8, 4) is 0 Å². The summed E-state index contributed by atoms with van der Waals surface area (Å²) >= 11 is 0. The van der Waals surface area contributed by atoms with Gasteiger partial charge in [0.1, 0.15) is 0 Å². The highest BCUT2D eigenvalue weighted by atomic mass is 16.4. The van der Waals surface area contributed by atoms with Crippen LogP contribution < -0.4 is 0 Å². The first-order valence-corrected chi connectivity index (χ1v) is 4.61. The minimum atomic E-state index is -0.598. The fraction of sp³-hybridized carbons (Fsp3) is 0.700. The monoisotopic (exact) mass is 166 g/mol. The second kappa shape index (κ2) is 2.61. The second-order valence-corrected chi connectivity index (χ2v) is 4.11. The molecule has 2 nitrogen and oxygen atoms in total. The molecule has 0 heterocycles. The van der Waals surface area contributed by atoms with Crippen molar-refractivity contribution in [1.82, 2.24) is 0 Å². The van der Waals surface area contributed by atoms with Gasteiger partial charge in [-0.05, 0) is 25.2 Å². The Morgan fingerprint density at radius 2 is 2.00 bits per heavy atom. The van der Waals surface area contributed by atoms with Crippen LogP contribution in [0.5, 0.6) is 0 Å². The first kappa shape index (κ1) is 7.84. The largest absolute Gasteiger partial charge is 0.481 e. The number of allylic oxidation sites excluding steroid dienone is 2. The maximum absolute atomic E-state index is 11.0. The fourth-order valence-electron chi connectivity index (χ4n) is 2.00. The maximum Gasteiger partial charge on any atom is 0.310 e. The van der Waals surface area contributed by atoms with E-state index < -0.39 is 11.4 Å². The topological polar surface area (TPSA) is 37.3 Å². The predicted octanol–water partition coefficient (Wildman–Crippen LogP) is 2.21. The van der Waals surface area contributed by atoms with E-state index in [-0.39, 0.29) is 0 Å². The molecule has 0 spiro atoms. The van der Waals surface area contributed by atoms with Gasteiger partial charge >= 0.3 is 5.97 Å². The molecule has 2 heteroatoms. The Morgan fingerprint density at radius 3 is 2.42 bits per heavy atom. The number of carbonyl (C=O) groups is 1. The summed E-state index contributed by atoms with van der Waals surface area (Å²) < 4.78 is 0. The average Bonchev–Trinajstić information content (AvgIpc) is 2.66. The van der Waals surface area contributed by atoms with Crippen LogP contribution >= 0.6 is 0 Å². The summed E-state index contributed by atoms with van der Waals surface area (Å²) in [6, 6.07) is 0. The molecule has 2 rings (SSSR count). The zero-order chi connectivity index (χ0) is 8.60. The number of aliphatic carboxylic acids is 1. The van der Waals surface area contributed by atoms with Crippen molar-refractivity contribution in [1.29, 1.82) is 0 Å². The SMILES string of the molecule is O=C(O)C1(CC2CC2)CC=CC1. The van der Waals surface area contributed by atoms with Gasteiger partial charge in [-0.1, -0.05) is 25.0 Å². The molecule has 1 saturated carbocycles. The van der Waals surface area contributed by atoms with Crippen LogP contribution in [0.3, 0.4) is 0 Å². The van der Waals surface area contributed by atoms with Crippen LogP contribution in [0, 0.1) is 11.3 Å². The third kappa shape index (κ3) is 1.26. The quantitative estimate of drug-likeness (QED) is 0.652. The molecule has 0 bridgehead atoms. The lowest BCUT2D eigenvalue weighted by Crippen LogP contribution is -2.28. The Labute approximate surface area is 72.3 Å². The van der Waals surface area contributed by atoms with Gasteiger partial charge in [-0.3, -0.25) is 4.79 Å². The van der Waals surface area contributed by atoms with Gasteiger partial charge in [-0.2, -0.15) is 0 Å². The molecule has 0 aliphatic heterocycles. The summed E-state index contributed by atoms with van der Waals surface area (Å²) in [5, 5.41) is 9.10. The lowest BCUT2D eigenvalue weighted by Gasteiger charge is -2.23. The summed E-state index contributed by atoms with van der Waals surface area (Å²) in [6.45, 7) is 0. The van der Waals surface area contributed by atoms with Crippen LogP contribution in [0.25, 0.3) is 0 Å². The van der Waals surface area contributed by atoms with E-state index in [0.717, 1.165) is 19.3 Å². The van der Waals surface area contributed by atoms with Crippen LogP contribution in [0.15, 0.2) is 12.2 Å². The van der Waals surface area contributed by atoms with Gasteiger partial charge in [-0.15, -0.1) is 0 Å². The summed E-state index contributed by atoms with van der Waals surface area (Å²) in [5.74, 6) is 0.111. The van der Waals surface area contributed by atoms with Crippen molar-refractivity contribution >= 4 is 5.97 Å². The van der Waals surface area contributed by atoms with Crippen LogP contribution in [0.2, 0.25) is 0 Å². The third-order valence-corrected chi connectivity index (χ3v) is 3.01. The third-order valence-electron chi connectivity index (χ3n) is 3.01. The number of hydrogen-bond donors (Lipinski definition) is 1. The normalized spacial score (nSPS) is 26.0. The molecule has 1 fully saturated rings.